The summed E-state index contributed by atoms with van der Waals surface area (Å²) in [6, 6.07) is 18.5. The SMILES string of the molecule is [CH2]C(c1ccc(B2OC(C)(C)C(C)(C)O2)cc1C)C(c1ccc(OCCOc2c(Cl)cc(C)cc2Cl)cc1)C(C)(C)C. The van der Waals surface area contributed by atoms with Crippen LogP contribution in [0.4, 0.5) is 0 Å². The van der Waals surface area contributed by atoms with E-state index in [9.17, 15) is 0 Å². The van der Waals surface area contributed by atoms with E-state index in [-0.39, 0.29) is 35.6 Å². The Morgan fingerprint density at radius 1 is 0.833 bits per heavy atom. The largest absolute Gasteiger partial charge is 0.494 e. The predicted octanol–water partition coefficient (Wildman–Crippen LogP) is 9.11. The molecule has 4 rings (SSSR count). The van der Waals surface area contributed by atoms with Gasteiger partial charge in [0.15, 0.2) is 5.75 Å². The fraction of sp³-hybridized carbons (Fsp3) is 0.457. The molecule has 42 heavy (non-hydrogen) atoms. The minimum absolute atomic E-state index is 0.0218. The van der Waals surface area contributed by atoms with Crippen LogP contribution in [0.2, 0.25) is 10.0 Å². The molecule has 0 N–H and O–H groups in total. The van der Waals surface area contributed by atoms with Crippen LogP contribution < -0.4 is 14.9 Å². The molecule has 3 aromatic rings. The molecule has 0 amide bonds. The van der Waals surface area contributed by atoms with Gasteiger partial charge in [-0.05, 0) is 118 Å². The van der Waals surface area contributed by atoms with E-state index in [1.165, 1.54) is 16.7 Å². The molecular weight excluding hydrogens is 566 g/mol. The van der Waals surface area contributed by atoms with Crippen molar-refractivity contribution < 1.29 is 18.8 Å². The van der Waals surface area contributed by atoms with E-state index in [0.717, 1.165) is 16.8 Å². The minimum Gasteiger partial charge on any atom is -0.490 e. The summed E-state index contributed by atoms with van der Waals surface area (Å²) in [6.07, 6.45) is 0. The van der Waals surface area contributed by atoms with Crippen LogP contribution in [-0.4, -0.2) is 31.5 Å². The highest BCUT2D eigenvalue weighted by molar-refractivity contribution is 6.62. The van der Waals surface area contributed by atoms with Crippen molar-refractivity contribution in [2.24, 2.45) is 5.41 Å². The van der Waals surface area contributed by atoms with Gasteiger partial charge < -0.3 is 18.8 Å². The number of benzene rings is 3. The molecule has 4 nitrogen and oxygen atoms in total. The van der Waals surface area contributed by atoms with Crippen LogP contribution >= 0.6 is 23.2 Å². The Morgan fingerprint density at radius 3 is 1.90 bits per heavy atom. The topological polar surface area (TPSA) is 36.9 Å². The summed E-state index contributed by atoms with van der Waals surface area (Å²) in [7, 11) is -0.381. The summed E-state index contributed by atoms with van der Waals surface area (Å²) in [5.41, 5.74) is 4.88. The predicted molar refractivity (Wildman–Crippen MR) is 176 cm³/mol. The van der Waals surface area contributed by atoms with E-state index in [1.54, 1.807) is 0 Å². The van der Waals surface area contributed by atoms with Crippen molar-refractivity contribution in [2.45, 2.75) is 85.4 Å². The molecule has 1 aliphatic heterocycles. The highest BCUT2D eigenvalue weighted by atomic mass is 35.5. The molecule has 1 radical (unpaired) electrons. The quantitative estimate of drug-likeness (QED) is 0.179. The number of ether oxygens (including phenoxy) is 2. The van der Waals surface area contributed by atoms with Crippen molar-refractivity contribution in [2.75, 3.05) is 13.2 Å². The number of hydrogen-bond donors (Lipinski definition) is 0. The van der Waals surface area contributed by atoms with Crippen LogP contribution in [0.5, 0.6) is 11.5 Å². The van der Waals surface area contributed by atoms with Crippen molar-refractivity contribution in [1.82, 2.24) is 0 Å². The molecule has 2 unspecified atom stereocenters. The highest BCUT2D eigenvalue weighted by Crippen LogP contribution is 2.46. The first-order valence-corrected chi connectivity index (χ1v) is 15.4. The normalized spacial score (nSPS) is 17.7. The lowest BCUT2D eigenvalue weighted by Crippen LogP contribution is -2.41. The monoisotopic (exact) mass is 609 g/mol. The zero-order valence-corrected chi connectivity index (χ0v) is 28.0. The van der Waals surface area contributed by atoms with Gasteiger partial charge in [0.25, 0.3) is 0 Å². The highest BCUT2D eigenvalue weighted by Gasteiger charge is 2.51. The van der Waals surface area contributed by atoms with Crippen LogP contribution in [0.3, 0.4) is 0 Å². The molecule has 1 fully saturated rings. The van der Waals surface area contributed by atoms with Gasteiger partial charge in [0.1, 0.15) is 19.0 Å². The molecule has 1 aliphatic rings. The third kappa shape index (κ3) is 7.13. The lowest BCUT2D eigenvalue weighted by Gasteiger charge is -2.37. The second kappa shape index (κ2) is 12.4. The second-order valence-electron chi connectivity index (χ2n) is 13.5. The molecule has 3 aromatic carbocycles. The van der Waals surface area contributed by atoms with Crippen molar-refractivity contribution >= 4 is 35.8 Å². The Balaban J connectivity index is 1.44. The Hall–Kier alpha value is -2.18. The Labute approximate surface area is 263 Å². The Morgan fingerprint density at radius 2 is 1.38 bits per heavy atom. The maximum Gasteiger partial charge on any atom is 0.494 e. The van der Waals surface area contributed by atoms with Gasteiger partial charge in [-0.3, -0.25) is 0 Å². The molecule has 0 saturated carbocycles. The molecule has 0 bridgehead atoms. The van der Waals surface area contributed by atoms with Gasteiger partial charge >= 0.3 is 7.12 Å². The maximum atomic E-state index is 6.29. The van der Waals surface area contributed by atoms with Crippen molar-refractivity contribution in [3.8, 4) is 11.5 Å². The number of halogens is 2. The van der Waals surface area contributed by atoms with Gasteiger partial charge in [-0.1, -0.05) is 74.3 Å². The average Bonchev–Trinajstić information content (AvgIpc) is 3.09. The van der Waals surface area contributed by atoms with Gasteiger partial charge in [0.2, 0.25) is 0 Å². The fourth-order valence-corrected chi connectivity index (χ4v) is 6.36. The third-order valence-corrected chi connectivity index (χ3v) is 9.10. The first-order chi connectivity index (χ1) is 19.5. The van der Waals surface area contributed by atoms with E-state index in [4.69, 9.17) is 42.0 Å². The number of hydrogen-bond acceptors (Lipinski definition) is 4. The van der Waals surface area contributed by atoms with Crippen LogP contribution in [-0.2, 0) is 9.31 Å². The van der Waals surface area contributed by atoms with E-state index in [0.29, 0.717) is 29.0 Å². The summed E-state index contributed by atoms with van der Waals surface area (Å²) in [6.45, 7) is 24.6. The zero-order valence-electron chi connectivity index (χ0n) is 26.4. The summed E-state index contributed by atoms with van der Waals surface area (Å²) < 4.78 is 24.3. The fourth-order valence-electron chi connectivity index (χ4n) is 5.66. The van der Waals surface area contributed by atoms with Crippen molar-refractivity contribution in [3.63, 3.8) is 0 Å². The van der Waals surface area contributed by atoms with Crippen LogP contribution in [0.25, 0.3) is 0 Å². The molecule has 0 aromatic heterocycles. The van der Waals surface area contributed by atoms with Crippen LogP contribution in [0, 0.1) is 26.2 Å². The Kier molecular flexibility index (Phi) is 9.69. The summed E-state index contributed by atoms with van der Waals surface area (Å²) in [5.74, 6) is 1.49. The van der Waals surface area contributed by atoms with Crippen LogP contribution in [0.15, 0.2) is 54.6 Å². The molecular formula is C35H44BCl2O4. The average molecular weight is 610 g/mol. The van der Waals surface area contributed by atoms with Gasteiger partial charge in [0.05, 0.1) is 21.2 Å². The van der Waals surface area contributed by atoms with Crippen molar-refractivity contribution in [3.05, 3.63) is 93.8 Å². The van der Waals surface area contributed by atoms with Gasteiger partial charge in [-0.25, -0.2) is 0 Å². The van der Waals surface area contributed by atoms with Gasteiger partial charge in [-0.15, -0.1) is 0 Å². The first-order valence-electron chi connectivity index (χ1n) is 14.6. The second-order valence-corrected chi connectivity index (χ2v) is 14.3. The van der Waals surface area contributed by atoms with E-state index in [2.05, 4.69) is 92.6 Å². The molecule has 0 spiro atoms. The summed E-state index contributed by atoms with van der Waals surface area (Å²) in [5, 5.41) is 0.997. The Bertz CT molecular complexity index is 1360. The van der Waals surface area contributed by atoms with Gasteiger partial charge in [-0.2, -0.15) is 0 Å². The third-order valence-electron chi connectivity index (χ3n) is 8.53. The van der Waals surface area contributed by atoms with E-state index < -0.39 is 0 Å². The lowest BCUT2D eigenvalue weighted by molar-refractivity contribution is 0.00578. The lowest BCUT2D eigenvalue weighted by atomic mass is 9.67. The molecule has 225 valence electrons. The van der Waals surface area contributed by atoms with Crippen molar-refractivity contribution in [1.29, 1.82) is 0 Å². The molecule has 2 atom stereocenters. The molecule has 1 heterocycles. The van der Waals surface area contributed by atoms with E-state index in [1.807, 2.05) is 31.2 Å². The van der Waals surface area contributed by atoms with E-state index >= 15 is 0 Å². The molecule has 1 saturated heterocycles. The summed E-state index contributed by atoms with van der Waals surface area (Å²) in [4.78, 5) is 0. The number of aryl methyl sites for hydroxylation is 2. The summed E-state index contributed by atoms with van der Waals surface area (Å²) >= 11 is 12.6. The molecule has 7 heteroatoms. The first kappa shape index (κ1) is 32.7. The smallest absolute Gasteiger partial charge is 0.490 e. The standard InChI is InChI=1S/C35H44BCl2O4/c1-22-19-29(37)32(30(38)20-22)40-18-17-39-27-14-11-25(12-15-27)31(33(4,5)6)24(3)28-16-13-26(21-23(28)2)36-41-34(7,8)35(9,10)42-36/h11-16,19-21,24,31H,3,17-18H2,1-2,4-10H3. The maximum absolute atomic E-state index is 6.29. The molecule has 0 aliphatic carbocycles. The number of rotatable bonds is 9. The van der Waals surface area contributed by atoms with Gasteiger partial charge in [0, 0.05) is 0 Å². The zero-order chi connectivity index (χ0) is 31.0. The minimum atomic E-state index is -0.381. The van der Waals surface area contributed by atoms with Crippen LogP contribution in [0.1, 0.15) is 82.6 Å².